The second-order valence-electron chi connectivity index (χ2n) is 5.24. The molecule has 2 aromatic rings. The van der Waals surface area contributed by atoms with Crippen molar-refractivity contribution in [2.24, 2.45) is 0 Å². The van der Waals surface area contributed by atoms with Crippen molar-refractivity contribution in [2.45, 2.75) is 6.54 Å². The fourth-order valence-electron chi connectivity index (χ4n) is 2.33. The summed E-state index contributed by atoms with van der Waals surface area (Å²) in [6, 6.07) is 5.94. The van der Waals surface area contributed by atoms with Crippen molar-refractivity contribution >= 4 is 11.8 Å². The minimum Gasteiger partial charge on any atom is -0.354 e. The van der Waals surface area contributed by atoms with Crippen LogP contribution in [0.1, 0.15) is 5.56 Å². The molecule has 6 nitrogen and oxygen atoms in total. The number of nitrogens with one attached hydrogen (secondary N) is 1. The molecule has 0 bridgehead atoms. The van der Waals surface area contributed by atoms with Gasteiger partial charge in [-0.15, -0.1) is 0 Å². The Bertz CT molecular complexity index is 565. The maximum atomic E-state index is 4.61. The summed E-state index contributed by atoms with van der Waals surface area (Å²) < 4.78 is 0. The van der Waals surface area contributed by atoms with E-state index in [9.17, 15) is 0 Å². The molecule has 0 spiro atoms. The van der Waals surface area contributed by atoms with Crippen molar-refractivity contribution in [1.82, 2.24) is 19.9 Å². The number of anilines is 2. The van der Waals surface area contributed by atoms with Crippen LogP contribution in [-0.4, -0.2) is 53.1 Å². The lowest BCUT2D eigenvalue weighted by molar-refractivity contribution is 0.312. The second-order valence-corrected chi connectivity index (χ2v) is 5.24. The summed E-state index contributed by atoms with van der Waals surface area (Å²) in [7, 11) is 2.15. The molecule has 2 aromatic heterocycles. The molecule has 6 heteroatoms. The molecular weight excluding hydrogens is 264 g/mol. The van der Waals surface area contributed by atoms with E-state index in [0.29, 0.717) is 12.5 Å². The normalized spacial score (nSPS) is 16.0. The highest BCUT2D eigenvalue weighted by atomic mass is 15.3. The van der Waals surface area contributed by atoms with Gasteiger partial charge in [0.2, 0.25) is 5.95 Å². The van der Waals surface area contributed by atoms with E-state index in [4.69, 9.17) is 0 Å². The zero-order chi connectivity index (χ0) is 14.5. The molecule has 0 aromatic carbocycles. The highest BCUT2D eigenvalue weighted by Gasteiger charge is 2.15. The highest BCUT2D eigenvalue weighted by molar-refractivity contribution is 5.43. The standard InChI is InChI=1S/C15H20N6/c1-20-8-10-21(11-9-20)14-4-7-17-15(19-14)18-12-13-2-5-16-6-3-13/h2-7H,8-12H2,1H3,(H,17,18,19). The van der Waals surface area contributed by atoms with Crippen molar-refractivity contribution in [3.05, 3.63) is 42.4 Å². The van der Waals surface area contributed by atoms with Crippen LogP contribution < -0.4 is 10.2 Å². The van der Waals surface area contributed by atoms with Gasteiger partial charge in [0.15, 0.2) is 0 Å². The Balaban J connectivity index is 1.63. The van der Waals surface area contributed by atoms with Crippen LogP contribution in [0.4, 0.5) is 11.8 Å². The molecular formula is C15H20N6. The largest absolute Gasteiger partial charge is 0.354 e. The van der Waals surface area contributed by atoms with Crippen LogP contribution in [0, 0.1) is 0 Å². The van der Waals surface area contributed by atoms with Crippen LogP contribution in [0.25, 0.3) is 0 Å². The van der Waals surface area contributed by atoms with E-state index in [-0.39, 0.29) is 0 Å². The molecule has 3 heterocycles. The first-order chi connectivity index (χ1) is 10.3. The Hall–Kier alpha value is -2.21. The predicted octanol–water partition coefficient (Wildman–Crippen LogP) is 1.24. The van der Waals surface area contributed by atoms with E-state index in [1.54, 1.807) is 12.4 Å². The molecule has 0 radical (unpaired) electrons. The Morgan fingerprint density at radius 2 is 1.81 bits per heavy atom. The van der Waals surface area contributed by atoms with Crippen LogP contribution >= 0.6 is 0 Å². The first-order valence-electron chi connectivity index (χ1n) is 7.20. The van der Waals surface area contributed by atoms with Gasteiger partial charge in [0, 0.05) is 51.3 Å². The molecule has 0 unspecified atom stereocenters. The lowest BCUT2D eigenvalue weighted by atomic mass is 10.3. The lowest BCUT2D eigenvalue weighted by Crippen LogP contribution is -2.44. The van der Waals surface area contributed by atoms with Crippen LogP contribution in [0.2, 0.25) is 0 Å². The maximum Gasteiger partial charge on any atom is 0.224 e. The summed E-state index contributed by atoms with van der Waals surface area (Å²) in [4.78, 5) is 17.5. The summed E-state index contributed by atoms with van der Waals surface area (Å²) in [5.41, 5.74) is 1.17. The van der Waals surface area contributed by atoms with E-state index in [2.05, 4.69) is 37.1 Å². The van der Waals surface area contributed by atoms with Crippen molar-refractivity contribution in [3.8, 4) is 0 Å². The molecule has 1 aliphatic heterocycles. The summed E-state index contributed by atoms with van der Waals surface area (Å²) in [5.74, 6) is 1.67. The molecule has 1 saturated heterocycles. The number of piperazine rings is 1. The Kier molecular flexibility index (Phi) is 4.25. The number of likely N-dealkylation sites (N-methyl/N-ethyl adjacent to an activating group) is 1. The molecule has 21 heavy (non-hydrogen) atoms. The first-order valence-corrected chi connectivity index (χ1v) is 7.20. The van der Waals surface area contributed by atoms with Gasteiger partial charge in [-0.05, 0) is 30.8 Å². The van der Waals surface area contributed by atoms with Crippen LogP contribution in [0.5, 0.6) is 0 Å². The van der Waals surface area contributed by atoms with E-state index in [0.717, 1.165) is 32.0 Å². The first kappa shape index (κ1) is 13.8. The molecule has 3 rings (SSSR count). The van der Waals surface area contributed by atoms with Gasteiger partial charge in [-0.2, -0.15) is 4.98 Å². The van der Waals surface area contributed by atoms with Crippen LogP contribution in [0.15, 0.2) is 36.8 Å². The monoisotopic (exact) mass is 284 g/mol. The molecule has 1 aliphatic rings. The van der Waals surface area contributed by atoms with Gasteiger partial charge in [-0.1, -0.05) is 0 Å². The number of rotatable bonds is 4. The lowest BCUT2D eigenvalue weighted by Gasteiger charge is -2.33. The number of aromatic nitrogens is 3. The van der Waals surface area contributed by atoms with E-state index in [1.165, 1.54) is 5.56 Å². The van der Waals surface area contributed by atoms with E-state index >= 15 is 0 Å². The van der Waals surface area contributed by atoms with Gasteiger partial charge >= 0.3 is 0 Å². The average Bonchev–Trinajstić information content (AvgIpc) is 2.55. The SMILES string of the molecule is CN1CCN(c2ccnc(NCc3ccncc3)n2)CC1. The summed E-state index contributed by atoms with van der Waals surface area (Å²) >= 11 is 0. The number of hydrogen-bond donors (Lipinski definition) is 1. The fraction of sp³-hybridized carbons (Fsp3) is 0.400. The number of hydrogen-bond acceptors (Lipinski definition) is 6. The minimum absolute atomic E-state index is 0.670. The van der Waals surface area contributed by atoms with Crippen molar-refractivity contribution in [2.75, 3.05) is 43.4 Å². The van der Waals surface area contributed by atoms with Gasteiger partial charge < -0.3 is 15.1 Å². The van der Waals surface area contributed by atoms with Crippen LogP contribution in [-0.2, 0) is 6.54 Å². The van der Waals surface area contributed by atoms with Gasteiger partial charge in [-0.3, -0.25) is 4.98 Å². The average molecular weight is 284 g/mol. The Labute approximate surface area is 124 Å². The second kappa shape index (κ2) is 6.49. The van der Waals surface area contributed by atoms with Gasteiger partial charge in [0.25, 0.3) is 0 Å². The zero-order valence-corrected chi connectivity index (χ0v) is 12.2. The third-order valence-corrected chi connectivity index (χ3v) is 3.67. The minimum atomic E-state index is 0.670. The third kappa shape index (κ3) is 3.66. The summed E-state index contributed by atoms with van der Waals surface area (Å²) in [6.45, 7) is 4.87. The zero-order valence-electron chi connectivity index (χ0n) is 12.2. The van der Waals surface area contributed by atoms with E-state index < -0.39 is 0 Å². The van der Waals surface area contributed by atoms with Gasteiger partial charge in [-0.25, -0.2) is 4.98 Å². The third-order valence-electron chi connectivity index (χ3n) is 3.67. The van der Waals surface area contributed by atoms with Crippen molar-refractivity contribution in [1.29, 1.82) is 0 Å². The molecule has 110 valence electrons. The van der Waals surface area contributed by atoms with Crippen molar-refractivity contribution in [3.63, 3.8) is 0 Å². The summed E-state index contributed by atoms with van der Waals surface area (Å²) in [6.07, 6.45) is 5.40. The molecule has 1 fully saturated rings. The molecule has 0 amide bonds. The molecule has 0 saturated carbocycles. The molecule has 0 atom stereocenters. The molecule has 1 N–H and O–H groups in total. The Morgan fingerprint density at radius 1 is 1.05 bits per heavy atom. The fourth-order valence-corrected chi connectivity index (χ4v) is 2.33. The van der Waals surface area contributed by atoms with Crippen molar-refractivity contribution < 1.29 is 0 Å². The van der Waals surface area contributed by atoms with Gasteiger partial charge in [0.1, 0.15) is 5.82 Å². The van der Waals surface area contributed by atoms with Gasteiger partial charge in [0.05, 0.1) is 0 Å². The smallest absolute Gasteiger partial charge is 0.224 e. The van der Waals surface area contributed by atoms with E-state index in [1.807, 2.05) is 24.4 Å². The topological polar surface area (TPSA) is 57.2 Å². The van der Waals surface area contributed by atoms with Crippen LogP contribution in [0.3, 0.4) is 0 Å². The quantitative estimate of drug-likeness (QED) is 0.911. The Morgan fingerprint density at radius 3 is 2.57 bits per heavy atom. The number of nitrogens with zero attached hydrogens (tertiary/aromatic N) is 5. The predicted molar refractivity (Wildman–Crippen MR) is 83.3 cm³/mol. The summed E-state index contributed by atoms with van der Waals surface area (Å²) in [5, 5.41) is 3.26. The number of pyridine rings is 1. The maximum absolute atomic E-state index is 4.61. The highest BCUT2D eigenvalue weighted by Crippen LogP contribution is 2.14. The molecule has 0 aliphatic carbocycles.